The second kappa shape index (κ2) is 2.41. The number of nitrogens with zero attached hydrogens (tertiary/aromatic N) is 1. The second-order valence-electron chi connectivity index (χ2n) is 2.52. The Kier molecular flexibility index (Phi) is 1.83. The number of nitrogens with one attached hydrogen (secondary N) is 1. The Hall–Kier alpha value is -0.710. The molecule has 0 aliphatic carbocycles. The highest BCUT2D eigenvalue weighted by molar-refractivity contribution is 5.10. The summed E-state index contributed by atoms with van der Waals surface area (Å²) < 4.78 is 35.9. The minimum atomic E-state index is -4.19. The predicted octanol–water partition coefficient (Wildman–Crippen LogP) is 1.27. The van der Waals surface area contributed by atoms with Crippen LogP contribution in [0.2, 0.25) is 0 Å². The van der Waals surface area contributed by atoms with Gasteiger partial charge in [-0.05, 0) is 13.0 Å². The van der Waals surface area contributed by atoms with Crippen molar-refractivity contribution >= 4 is 0 Å². The SMILES string of the molecule is CC1=CC(C(F)(F)F)NN1C. The van der Waals surface area contributed by atoms with Crippen molar-refractivity contribution in [3.05, 3.63) is 11.8 Å². The van der Waals surface area contributed by atoms with Gasteiger partial charge < -0.3 is 5.01 Å². The van der Waals surface area contributed by atoms with Gasteiger partial charge >= 0.3 is 6.18 Å². The Labute approximate surface area is 62.6 Å². The van der Waals surface area contributed by atoms with Crippen LogP contribution in [0.3, 0.4) is 0 Å². The summed E-state index contributed by atoms with van der Waals surface area (Å²) in [6.07, 6.45) is -3.04. The Morgan fingerprint density at radius 2 is 2.09 bits per heavy atom. The lowest BCUT2D eigenvalue weighted by atomic mass is 10.3. The zero-order valence-corrected chi connectivity index (χ0v) is 6.24. The van der Waals surface area contributed by atoms with Gasteiger partial charge in [-0.15, -0.1) is 0 Å². The van der Waals surface area contributed by atoms with Crippen LogP contribution in [0.15, 0.2) is 11.8 Å². The summed E-state index contributed by atoms with van der Waals surface area (Å²) in [5, 5.41) is 1.36. The first-order valence-electron chi connectivity index (χ1n) is 3.16. The number of hydrogen-bond donors (Lipinski definition) is 1. The minimum Gasteiger partial charge on any atom is -0.315 e. The highest BCUT2D eigenvalue weighted by Gasteiger charge is 2.41. The third-order valence-corrected chi connectivity index (χ3v) is 1.62. The van der Waals surface area contributed by atoms with Crippen molar-refractivity contribution in [1.29, 1.82) is 0 Å². The van der Waals surface area contributed by atoms with Gasteiger partial charge in [0.25, 0.3) is 0 Å². The average molecular weight is 166 g/mol. The van der Waals surface area contributed by atoms with E-state index in [-0.39, 0.29) is 0 Å². The number of rotatable bonds is 0. The molecule has 0 bridgehead atoms. The van der Waals surface area contributed by atoms with Gasteiger partial charge in [0.1, 0.15) is 6.04 Å². The van der Waals surface area contributed by atoms with E-state index in [1.807, 2.05) is 0 Å². The van der Waals surface area contributed by atoms with Crippen molar-refractivity contribution in [3.63, 3.8) is 0 Å². The minimum absolute atomic E-state index is 0.590. The molecule has 1 unspecified atom stereocenters. The van der Waals surface area contributed by atoms with Gasteiger partial charge in [-0.3, -0.25) is 0 Å². The first-order chi connectivity index (χ1) is 4.91. The number of hydrazine groups is 1. The molecule has 0 saturated heterocycles. The summed E-state index contributed by atoms with van der Waals surface area (Å²) in [6, 6.07) is -1.52. The van der Waals surface area contributed by atoms with Gasteiger partial charge in [0.15, 0.2) is 0 Å². The van der Waals surface area contributed by atoms with E-state index in [0.717, 1.165) is 6.08 Å². The maximum atomic E-state index is 12.0. The molecule has 1 N–H and O–H groups in total. The molecule has 0 aromatic heterocycles. The van der Waals surface area contributed by atoms with E-state index in [2.05, 4.69) is 5.43 Å². The second-order valence-corrected chi connectivity index (χ2v) is 2.52. The van der Waals surface area contributed by atoms with E-state index in [1.165, 1.54) is 5.01 Å². The van der Waals surface area contributed by atoms with Crippen LogP contribution in [0.5, 0.6) is 0 Å². The number of allylic oxidation sites excluding steroid dienone is 1. The van der Waals surface area contributed by atoms with Crippen LogP contribution in [0.1, 0.15) is 6.92 Å². The van der Waals surface area contributed by atoms with Crippen LogP contribution in [0.4, 0.5) is 13.2 Å². The van der Waals surface area contributed by atoms with Crippen molar-refractivity contribution in [2.75, 3.05) is 7.05 Å². The van der Waals surface area contributed by atoms with E-state index in [1.54, 1.807) is 14.0 Å². The van der Waals surface area contributed by atoms with Crippen molar-refractivity contribution in [3.8, 4) is 0 Å². The quantitative estimate of drug-likeness (QED) is 0.583. The first-order valence-corrected chi connectivity index (χ1v) is 3.16. The van der Waals surface area contributed by atoms with Crippen LogP contribution in [-0.4, -0.2) is 24.3 Å². The summed E-state index contributed by atoms with van der Waals surface area (Å²) >= 11 is 0. The summed E-state index contributed by atoms with van der Waals surface area (Å²) in [4.78, 5) is 0. The molecule has 1 rings (SSSR count). The summed E-state index contributed by atoms with van der Waals surface area (Å²) in [5.74, 6) is 0. The maximum absolute atomic E-state index is 12.0. The molecule has 0 radical (unpaired) electrons. The molecule has 0 saturated carbocycles. The summed E-state index contributed by atoms with van der Waals surface area (Å²) in [7, 11) is 1.55. The zero-order chi connectivity index (χ0) is 8.65. The Balaban J connectivity index is 2.68. The van der Waals surface area contributed by atoms with Gasteiger partial charge in [-0.25, -0.2) is 5.43 Å². The monoisotopic (exact) mass is 166 g/mol. The Morgan fingerprint density at radius 3 is 2.27 bits per heavy atom. The fourth-order valence-corrected chi connectivity index (χ4v) is 0.868. The summed E-state index contributed by atoms with van der Waals surface area (Å²) in [6.45, 7) is 1.62. The Bertz CT molecular complexity index is 185. The van der Waals surface area contributed by atoms with E-state index >= 15 is 0 Å². The molecule has 2 nitrogen and oxygen atoms in total. The van der Waals surface area contributed by atoms with Crippen LogP contribution in [0, 0.1) is 0 Å². The molecule has 11 heavy (non-hydrogen) atoms. The molecule has 5 heteroatoms. The molecule has 1 heterocycles. The van der Waals surface area contributed by atoms with Crippen molar-refractivity contribution in [1.82, 2.24) is 10.4 Å². The number of hydrogen-bond acceptors (Lipinski definition) is 2. The fraction of sp³-hybridized carbons (Fsp3) is 0.667. The fourth-order valence-electron chi connectivity index (χ4n) is 0.868. The lowest BCUT2D eigenvalue weighted by Gasteiger charge is -2.18. The van der Waals surface area contributed by atoms with Gasteiger partial charge in [-0.1, -0.05) is 0 Å². The smallest absolute Gasteiger partial charge is 0.315 e. The third-order valence-electron chi connectivity index (χ3n) is 1.62. The molecule has 0 aromatic carbocycles. The molecule has 1 aliphatic heterocycles. The number of alkyl halides is 3. The van der Waals surface area contributed by atoms with Crippen molar-refractivity contribution in [2.24, 2.45) is 0 Å². The van der Waals surface area contributed by atoms with Gasteiger partial charge in [0, 0.05) is 12.7 Å². The van der Waals surface area contributed by atoms with Crippen LogP contribution in [0.25, 0.3) is 0 Å². The van der Waals surface area contributed by atoms with Crippen LogP contribution >= 0.6 is 0 Å². The standard InChI is InChI=1S/C6H9F3N2/c1-4-3-5(6(7,8)9)10-11(4)2/h3,5,10H,1-2H3. The maximum Gasteiger partial charge on any atom is 0.409 e. The van der Waals surface area contributed by atoms with Gasteiger partial charge in [0.05, 0.1) is 0 Å². The highest BCUT2D eigenvalue weighted by Crippen LogP contribution is 2.25. The molecule has 1 aliphatic rings. The van der Waals surface area contributed by atoms with E-state index in [0.29, 0.717) is 5.70 Å². The van der Waals surface area contributed by atoms with Gasteiger partial charge in [-0.2, -0.15) is 13.2 Å². The van der Waals surface area contributed by atoms with Gasteiger partial charge in [0.2, 0.25) is 0 Å². The molecule has 0 spiro atoms. The van der Waals surface area contributed by atoms with E-state index in [9.17, 15) is 13.2 Å². The normalized spacial score (nSPS) is 25.7. The molecular weight excluding hydrogens is 157 g/mol. The van der Waals surface area contributed by atoms with Crippen molar-refractivity contribution in [2.45, 2.75) is 19.1 Å². The molecule has 1 atom stereocenters. The lowest BCUT2D eigenvalue weighted by molar-refractivity contribution is -0.148. The summed E-state index contributed by atoms with van der Waals surface area (Å²) in [5.41, 5.74) is 2.85. The highest BCUT2D eigenvalue weighted by atomic mass is 19.4. The third kappa shape index (κ3) is 1.65. The van der Waals surface area contributed by atoms with Crippen LogP contribution < -0.4 is 5.43 Å². The molecule has 0 fully saturated rings. The van der Waals surface area contributed by atoms with E-state index in [4.69, 9.17) is 0 Å². The predicted molar refractivity (Wildman–Crippen MR) is 34.5 cm³/mol. The largest absolute Gasteiger partial charge is 0.409 e. The van der Waals surface area contributed by atoms with E-state index < -0.39 is 12.2 Å². The molecule has 64 valence electrons. The molecule has 0 aromatic rings. The topological polar surface area (TPSA) is 15.3 Å². The van der Waals surface area contributed by atoms with Crippen LogP contribution in [-0.2, 0) is 0 Å². The Morgan fingerprint density at radius 1 is 1.55 bits per heavy atom. The number of halogens is 3. The lowest BCUT2D eigenvalue weighted by Crippen LogP contribution is -2.42. The first kappa shape index (κ1) is 8.39. The van der Waals surface area contributed by atoms with Crippen molar-refractivity contribution < 1.29 is 13.2 Å². The zero-order valence-electron chi connectivity index (χ0n) is 6.24. The molecular formula is C6H9F3N2. The molecule has 0 amide bonds. The average Bonchev–Trinajstić information content (AvgIpc) is 2.11.